The number of carbonyl (C=O) groups excluding carboxylic acids is 1. The molecule has 0 amide bonds. The molecule has 0 radical (unpaired) electrons. The van der Waals surface area contributed by atoms with E-state index in [1.807, 2.05) is 20.8 Å². The molecule has 0 aliphatic carbocycles. The molecule has 2 atom stereocenters. The number of esters is 1. The second-order valence-corrected chi connectivity index (χ2v) is 4.29. The first-order valence-corrected chi connectivity index (χ1v) is 6.10. The average molecular weight is 231 g/mol. The second kappa shape index (κ2) is 8.53. The van der Waals surface area contributed by atoms with Gasteiger partial charge in [0.1, 0.15) is 6.04 Å². The molecule has 16 heavy (non-hydrogen) atoms. The average Bonchev–Trinajstić information content (AvgIpc) is 2.23. The van der Waals surface area contributed by atoms with Gasteiger partial charge in [-0.05, 0) is 19.3 Å². The summed E-state index contributed by atoms with van der Waals surface area (Å²) in [7, 11) is 0. The Hall–Kier alpha value is -0.610. The highest BCUT2D eigenvalue weighted by molar-refractivity contribution is 5.75. The Labute approximate surface area is 98.4 Å². The number of ether oxygens (including phenoxy) is 1. The molecule has 0 aliphatic rings. The highest BCUT2D eigenvalue weighted by atomic mass is 16.5. The van der Waals surface area contributed by atoms with Gasteiger partial charge in [0.25, 0.3) is 0 Å². The van der Waals surface area contributed by atoms with Crippen molar-refractivity contribution in [2.75, 3.05) is 13.2 Å². The summed E-state index contributed by atoms with van der Waals surface area (Å²) < 4.78 is 5.00. The number of carbonyl (C=O) groups is 1. The molecule has 0 aliphatic heterocycles. The third kappa shape index (κ3) is 5.47. The van der Waals surface area contributed by atoms with Crippen molar-refractivity contribution in [3.05, 3.63) is 0 Å². The summed E-state index contributed by atoms with van der Waals surface area (Å²) >= 11 is 0. The molecule has 2 unspecified atom stereocenters. The van der Waals surface area contributed by atoms with Crippen LogP contribution in [0, 0.1) is 5.92 Å². The molecular formula is C12H25NO3. The van der Waals surface area contributed by atoms with Gasteiger partial charge in [-0.25, -0.2) is 0 Å². The van der Waals surface area contributed by atoms with Crippen LogP contribution in [0.15, 0.2) is 0 Å². The van der Waals surface area contributed by atoms with Crippen molar-refractivity contribution in [3.8, 4) is 0 Å². The van der Waals surface area contributed by atoms with Gasteiger partial charge in [-0.1, -0.05) is 27.2 Å². The van der Waals surface area contributed by atoms with Gasteiger partial charge < -0.3 is 9.84 Å². The summed E-state index contributed by atoms with van der Waals surface area (Å²) in [5, 5.41) is 12.4. The van der Waals surface area contributed by atoms with Crippen LogP contribution in [0.3, 0.4) is 0 Å². The van der Waals surface area contributed by atoms with Crippen LogP contribution in [0.5, 0.6) is 0 Å². The van der Waals surface area contributed by atoms with Crippen LogP contribution in [-0.2, 0) is 9.53 Å². The van der Waals surface area contributed by atoms with Gasteiger partial charge in [0, 0.05) is 6.04 Å². The molecule has 0 aromatic rings. The quantitative estimate of drug-likeness (QED) is 0.619. The lowest BCUT2D eigenvalue weighted by Gasteiger charge is -2.25. The number of hydrogen-bond donors (Lipinski definition) is 2. The molecule has 0 saturated heterocycles. The molecule has 4 heteroatoms. The maximum Gasteiger partial charge on any atom is 0.323 e. The van der Waals surface area contributed by atoms with Crippen molar-refractivity contribution < 1.29 is 14.6 Å². The maximum absolute atomic E-state index is 11.6. The van der Waals surface area contributed by atoms with Crippen molar-refractivity contribution in [1.29, 1.82) is 0 Å². The Morgan fingerprint density at radius 2 is 2.00 bits per heavy atom. The SMILES string of the molecule is CCCC(NC(CO)C(C)C)C(=O)OCC. The molecular weight excluding hydrogens is 206 g/mol. The number of aliphatic hydroxyl groups is 1. The summed E-state index contributed by atoms with van der Waals surface area (Å²) in [4.78, 5) is 11.6. The summed E-state index contributed by atoms with van der Waals surface area (Å²) in [5.74, 6) is 0.0715. The van der Waals surface area contributed by atoms with Gasteiger partial charge in [-0.3, -0.25) is 10.1 Å². The number of hydrogen-bond acceptors (Lipinski definition) is 4. The predicted octanol–water partition coefficient (Wildman–Crippen LogP) is 1.32. The summed E-state index contributed by atoms with van der Waals surface area (Å²) in [6.45, 7) is 8.29. The Kier molecular flexibility index (Phi) is 8.21. The van der Waals surface area contributed by atoms with Crippen molar-refractivity contribution in [2.24, 2.45) is 5.92 Å². The number of aliphatic hydroxyl groups excluding tert-OH is 1. The third-order valence-corrected chi connectivity index (χ3v) is 2.57. The first kappa shape index (κ1) is 15.4. The van der Waals surface area contributed by atoms with E-state index in [1.54, 1.807) is 6.92 Å². The minimum atomic E-state index is -0.301. The molecule has 0 heterocycles. The van der Waals surface area contributed by atoms with E-state index in [2.05, 4.69) is 5.32 Å². The zero-order chi connectivity index (χ0) is 12.6. The molecule has 0 bridgehead atoms. The minimum Gasteiger partial charge on any atom is -0.465 e. The third-order valence-electron chi connectivity index (χ3n) is 2.57. The highest BCUT2D eigenvalue weighted by Gasteiger charge is 2.23. The van der Waals surface area contributed by atoms with E-state index < -0.39 is 0 Å². The zero-order valence-electron chi connectivity index (χ0n) is 10.8. The van der Waals surface area contributed by atoms with E-state index in [4.69, 9.17) is 4.74 Å². The fourth-order valence-electron chi connectivity index (χ4n) is 1.52. The maximum atomic E-state index is 11.6. The second-order valence-electron chi connectivity index (χ2n) is 4.29. The Morgan fingerprint density at radius 1 is 1.38 bits per heavy atom. The van der Waals surface area contributed by atoms with E-state index >= 15 is 0 Å². The van der Waals surface area contributed by atoms with E-state index in [-0.39, 0.29) is 24.7 Å². The standard InChI is InChI=1S/C12H25NO3/c1-5-7-10(12(15)16-6-2)13-11(8-14)9(3)4/h9-11,13-14H,5-8H2,1-4H3. The fourth-order valence-corrected chi connectivity index (χ4v) is 1.52. The van der Waals surface area contributed by atoms with Crippen LogP contribution in [0.4, 0.5) is 0 Å². The molecule has 0 aromatic carbocycles. The van der Waals surface area contributed by atoms with E-state index in [9.17, 15) is 9.90 Å². The van der Waals surface area contributed by atoms with E-state index in [0.717, 1.165) is 12.8 Å². The van der Waals surface area contributed by atoms with Gasteiger partial charge >= 0.3 is 5.97 Å². The van der Waals surface area contributed by atoms with Crippen LogP contribution in [-0.4, -0.2) is 36.4 Å². The van der Waals surface area contributed by atoms with Crippen molar-refractivity contribution in [3.63, 3.8) is 0 Å². The van der Waals surface area contributed by atoms with Crippen LogP contribution in [0.2, 0.25) is 0 Å². The Morgan fingerprint density at radius 3 is 2.38 bits per heavy atom. The molecule has 0 fully saturated rings. The van der Waals surface area contributed by atoms with Crippen molar-refractivity contribution in [1.82, 2.24) is 5.32 Å². The lowest BCUT2D eigenvalue weighted by molar-refractivity contribution is -0.146. The van der Waals surface area contributed by atoms with Gasteiger partial charge in [0.05, 0.1) is 13.2 Å². The Bertz CT molecular complexity index is 195. The monoisotopic (exact) mass is 231 g/mol. The van der Waals surface area contributed by atoms with Crippen molar-refractivity contribution >= 4 is 5.97 Å². The van der Waals surface area contributed by atoms with Crippen LogP contribution in [0.25, 0.3) is 0 Å². The zero-order valence-corrected chi connectivity index (χ0v) is 10.8. The highest BCUT2D eigenvalue weighted by Crippen LogP contribution is 2.06. The van der Waals surface area contributed by atoms with Crippen LogP contribution in [0.1, 0.15) is 40.5 Å². The van der Waals surface area contributed by atoms with Crippen molar-refractivity contribution in [2.45, 2.75) is 52.6 Å². The van der Waals surface area contributed by atoms with Gasteiger partial charge in [-0.2, -0.15) is 0 Å². The largest absolute Gasteiger partial charge is 0.465 e. The molecule has 4 nitrogen and oxygen atoms in total. The summed E-state index contributed by atoms with van der Waals surface area (Å²) in [5.41, 5.74) is 0. The fraction of sp³-hybridized carbons (Fsp3) is 0.917. The molecule has 0 rings (SSSR count). The Balaban J connectivity index is 4.35. The molecule has 0 aromatic heterocycles. The first-order valence-electron chi connectivity index (χ1n) is 6.10. The molecule has 0 saturated carbocycles. The topological polar surface area (TPSA) is 58.6 Å². The summed E-state index contributed by atoms with van der Waals surface area (Å²) in [6, 6.07) is -0.356. The normalized spacial score (nSPS) is 14.9. The van der Waals surface area contributed by atoms with Gasteiger partial charge in [0.2, 0.25) is 0 Å². The van der Waals surface area contributed by atoms with Crippen LogP contribution < -0.4 is 5.32 Å². The minimum absolute atomic E-state index is 0.0390. The molecule has 2 N–H and O–H groups in total. The predicted molar refractivity (Wildman–Crippen MR) is 64.2 cm³/mol. The van der Waals surface area contributed by atoms with Gasteiger partial charge in [-0.15, -0.1) is 0 Å². The lowest BCUT2D eigenvalue weighted by atomic mass is 10.0. The number of nitrogens with one attached hydrogen (secondary N) is 1. The van der Waals surface area contributed by atoms with Gasteiger partial charge in [0.15, 0.2) is 0 Å². The van der Waals surface area contributed by atoms with E-state index in [0.29, 0.717) is 12.5 Å². The number of rotatable bonds is 8. The molecule has 0 spiro atoms. The van der Waals surface area contributed by atoms with E-state index in [1.165, 1.54) is 0 Å². The lowest BCUT2D eigenvalue weighted by Crippen LogP contribution is -2.48. The first-order chi connectivity index (χ1) is 7.56. The molecule has 96 valence electrons. The van der Waals surface area contributed by atoms with Crippen LogP contribution >= 0.6 is 0 Å². The smallest absolute Gasteiger partial charge is 0.323 e. The summed E-state index contributed by atoms with van der Waals surface area (Å²) in [6.07, 6.45) is 1.65.